The van der Waals surface area contributed by atoms with Crippen LogP contribution in [-0.4, -0.2) is 26.4 Å². The first-order valence-electron chi connectivity index (χ1n) is 4.70. The molecule has 1 rings (SSSR count). The van der Waals surface area contributed by atoms with E-state index < -0.39 is 11.6 Å². The molecule has 0 aliphatic carbocycles. The molecule has 16 heavy (non-hydrogen) atoms. The van der Waals surface area contributed by atoms with Gasteiger partial charge in [0.05, 0.1) is 13.2 Å². The molecule has 6 heteroatoms. The van der Waals surface area contributed by atoms with Crippen LogP contribution in [0.15, 0.2) is 16.6 Å². The summed E-state index contributed by atoms with van der Waals surface area (Å²) in [7, 11) is 0. The van der Waals surface area contributed by atoms with Gasteiger partial charge in [-0.2, -0.15) is 4.39 Å². The molecule has 0 amide bonds. The van der Waals surface area contributed by atoms with Crippen molar-refractivity contribution in [1.82, 2.24) is 0 Å². The number of halogens is 3. The average molecular weight is 296 g/mol. The molecular weight excluding hydrogens is 284 g/mol. The molecule has 0 spiro atoms. The first-order valence-corrected chi connectivity index (χ1v) is 5.49. The van der Waals surface area contributed by atoms with Crippen molar-refractivity contribution in [2.24, 2.45) is 5.73 Å². The van der Waals surface area contributed by atoms with Gasteiger partial charge in [-0.15, -0.1) is 0 Å². The fraction of sp³-hybridized carbons (Fsp3) is 0.400. The SMILES string of the molecule is NCCOCCOc1cc(Br)cc(F)c1F. The number of hydrogen-bond donors (Lipinski definition) is 1. The highest BCUT2D eigenvalue weighted by Crippen LogP contribution is 2.25. The summed E-state index contributed by atoms with van der Waals surface area (Å²) in [6, 6.07) is 2.40. The van der Waals surface area contributed by atoms with Crippen molar-refractivity contribution >= 4 is 15.9 Å². The van der Waals surface area contributed by atoms with E-state index in [0.717, 1.165) is 6.07 Å². The van der Waals surface area contributed by atoms with Gasteiger partial charge in [-0.25, -0.2) is 4.39 Å². The maximum Gasteiger partial charge on any atom is 0.200 e. The van der Waals surface area contributed by atoms with Gasteiger partial charge in [0.2, 0.25) is 5.82 Å². The Hall–Kier alpha value is -0.720. The Labute approximate surface area is 101 Å². The highest BCUT2D eigenvalue weighted by atomic mass is 79.9. The molecule has 0 atom stereocenters. The smallest absolute Gasteiger partial charge is 0.200 e. The van der Waals surface area contributed by atoms with Crippen LogP contribution in [0.5, 0.6) is 5.75 Å². The number of nitrogens with two attached hydrogens (primary N) is 1. The summed E-state index contributed by atoms with van der Waals surface area (Å²) < 4.78 is 36.6. The lowest BCUT2D eigenvalue weighted by molar-refractivity contribution is 0.104. The van der Waals surface area contributed by atoms with E-state index in [9.17, 15) is 8.78 Å². The molecule has 0 aliphatic heterocycles. The van der Waals surface area contributed by atoms with Gasteiger partial charge in [-0.05, 0) is 12.1 Å². The lowest BCUT2D eigenvalue weighted by Gasteiger charge is -2.08. The summed E-state index contributed by atoms with van der Waals surface area (Å²) in [5.74, 6) is -2.09. The van der Waals surface area contributed by atoms with Gasteiger partial charge in [0.15, 0.2) is 11.6 Å². The first kappa shape index (κ1) is 13.3. The molecule has 1 aromatic carbocycles. The second-order valence-electron chi connectivity index (χ2n) is 2.95. The topological polar surface area (TPSA) is 44.5 Å². The Kier molecular flexibility index (Phi) is 5.65. The molecule has 1 aromatic rings. The molecule has 0 fully saturated rings. The monoisotopic (exact) mass is 295 g/mol. The molecule has 0 heterocycles. The third-order valence-corrected chi connectivity index (χ3v) is 2.16. The van der Waals surface area contributed by atoms with Crippen LogP contribution in [0.2, 0.25) is 0 Å². The highest BCUT2D eigenvalue weighted by Gasteiger charge is 2.10. The normalized spacial score (nSPS) is 10.5. The molecule has 0 bridgehead atoms. The third-order valence-electron chi connectivity index (χ3n) is 1.71. The van der Waals surface area contributed by atoms with Crippen LogP contribution >= 0.6 is 15.9 Å². The summed E-state index contributed by atoms with van der Waals surface area (Å²) in [6.45, 7) is 1.26. The number of ether oxygens (including phenoxy) is 2. The molecule has 90 valence electrons. The lowest BCUT2D eigenvalue weighted by atomic mass is 10.3. The standard InChI is InChI=1S/C10H12BrF2NO2/c11-7-5-8(12)10(13)9(6-7)16-4-3-15-2-1-14/h5-6H,1-4,14H2. The van der Waals surface area contributed by atoms with Crippen LogP contribution < -0.4 is 10.5 Å². The van der Waals surface area contributed by atoms with E-state index >= 15 is 0 Å². The molecule has 0 aromatic heterocycles. The van der Waals surface area contributed by atoms with Gasteiger partial charge < -0.3 is 15.2 Å². The highest BCUT2D eigenvalue weighted by molar-refractivity contribution is 9.10. The second-order valence-corrected chi connectivity index (χ2v) is 3.86. The predicted molar refractivity (Wildman–Crippen MR) is 59.4 cm³/mol. The summed E-state index contributed by atoms with van der Waals surface area (Å²) in [4.78, 5) is 0. The lowest BCUT2D eigenvalue weighted by Crippen LogP contribution is -2.13. The molecule has 3 nitrogen and oxygen atoms in total. The number of rotatable bonds is 6. The Morgan fingerprint density at radius 3 is 2.62 bits per heavy atom. The van der Waals surface area contributed by atoms with E-state index in [-0.39, 0.29) is 19.0 Å². The Morgan fingerprint density at radius 2 is 1.94 bits per heavy atom. The van der Waals surface area contributed by atoms with E-state index in [1.807, 2.05) is 0 Å². The fourth-order valence-corrected chi connectivity index (χ4v) is 1.44. The van der Waals surface area contributed by atoms with Crippen LogP contribution in [0.25, 0.3) is 0 Å². The van der Waals surface area contributed by atoms with Gasteiger partial charge in [0.1, 0.15) is 6.61 Å². The fourth-order valence-electron chi connectivity index (χ4n) is 1.03. The summed E-state index contributed by atoms with van der Waals surface area (Å²) in [5.41, 5.74) is 5.20. The summed E-state index contributed by atoms with van der Waals surface area (Å²) >= 11 is 3.05. The maximum absolute atomic E-state index is 13.2. The van der Waals surface area contributed by atoms with E-state index in [1.54, 1.807) is 0 Å². The minimum Gasteiger partial charge on any atom is -0.488 e. The minimum absolute atomic E-state index is 0.136. The Morgan fingerprint density at radius 1 is 1.19 bits per heavy atom. The zero-order valence-corrected chi connectivity index (χ0v) is 10.1. The van der Waals surface area contributed by atoms with Crippen LogP contribution in [0, 0.1) is 11.6 Å². The molecule has 0 saturated carbocycles. The minimum atomic E-state index is -0.998. The van der Waals surface area contributed by atoms with Gasteiger partial charge in [-0.1, -0.05) is 15.9 Å². The Bertz CT molecular complexity index is 350. The zero-order chi connectivity index (χ0) is 12.0. The second kappa shape index (κ2) is 6.78. The van der Waals surface area contributed by atoms with Crippen molar-refractivity contribution in [2.75, 3.05) is 26.4 Å². The first-order chi connectivity index (χ1) is 7.65. The van der Waals surface area contributed by atoms with E-state index in [4.69, 9.17) is 15.2 Å². The van der Waals surface area contributed by atoms with E-state index in [0.29, 0.717) is 17.6 Å². The zero-order valence-electron chi connectivity index (χ0n) is 8.51. The third kappa shape index (κ3) is 4.03. The molecule has 0 radical (unpaired) electrons. The van der Waals surface area contributed by atoms with Crippen LogP contribution in [0.1, 0.15) is 0 Å². The van der Waals surface area contributed by atoms with E-state index in [1.165, 1.54) is 6.07 Å². The molecule has 0 saturated heterocycles. The van der Waals surface area contributed by atoms with Gasteiger partial charge in [-0.3, -0.25) is 0 Å². The number of hydrogen-bond acceptors (Lipinski definition) is 3. The maximum atomic E-state index is 13.2. The number of benzene rings is 1. The van der Waals surface area contributed by atoms with Crippen molar-refractivity contribution in [1.29, 1.82) is 0 Å². The van der Waals surface area contributed by atoms with Crippen molar-refractivity contribution in [3.63, 3.8) is 0 Å². The molecule has 2 N–H and O–H groups in total. The van der Waals surface area contributed by atoms with Gasteiger partial charge in [0, 0.05) is 11.0 Å². The van der Waals surface area contributed by atoms with Crippen molar-refractivity contribution < 1.29 is 18.3 Å². The van der Waals surface area contributed by atoms with Crippen molar-refractivity contribution in [3.05, 3.63) is 28.2 Å². The van der Waals surface area contributed by atoms with Crippen molar-refractivity contribution in [3.8, 4) is 5.75 Å². The molecular formula is C10H12BrF2NO2. The van der Waals surface area contributed by atoms with E-state index in [2.05, 4.69) is 15.9 Å². The van der Waals surface area contributed by atoms with Gasteiger partial charge in [0.25, 0.3) is 0 Å². The van der Waals surface area contributed by atoms with Crippen LogP contribution in [-0.2, 0) is 4.74 Å². The summed E-state index contributed by atoms with van der Waals surface area (Å²) in [6.07, 6.45) is 0. The van der Waals surface area contributed by atoms with Gasteiger partial charge >= 0.3 is 0 Å². The largest absolute Gasteiger partial charge is 0.488 e. The quantitative estimate of drug-likeness (QED) is 0.646. The summed E-state index contributed by atoms with van der Waals surface area (Å²) in [5, 5.41) is 0. The van der Waals surface area contributed by atoms with Crippen LogP contribution in [0.4, 0.5) is 8.78 Å². The Balaban J connectivity index is 2.47. The predicted octanol–water partition coefficient (Wildman–Crippen LogP) is 2.08. The molecule has 0 aliphatic rings. The average Bonchev–Trinajstić information content (AvgIpc) is 2.24. The molecule has 0 unspecified atom stereocenters. The van der Waals surface area contributed by atoms with Crippen LogP contribution in [0.3, 0.4) is 0 Å². The van der Waals surface area contributed by atoms with Crippen molar-refractivity contribution in [2.45, 2.75) is 0 Å².